The standard InChI is InChI=1S/C13H23N3OS/c1-10(17)15-11-6-7-18-12(11)8-14-9-13(2,3)16(4)5/h6-7,14H,8-9H2,1-5H3,(H,15,17). The van der Waals surface area contributed by atoms with Crippen LogP contribution in [0.2, 0.25) is 0 Å². The van der Waals surface area contributed by atoms with Gasteiger partial charge in [0.2, 0.25) is 5.91 Å². The molecule has 0 spiro atoms. The van der Waals surface area contributed by atoms with Gasteiger partial charge in [-0.05, 0) is 39.4 Å². The molecule has 0 saturated heterocycles. The summed E-state index contributed by atoms with van der Waals surface area (Å²) in [5.41, 5.74) is 1.04. The molecule has 0 aliphatic rings. The lowest BCUT2D eigenvalue weighted by atomic mass is 10.0. The van der Waals surface area contributed by atoms with E-state index in [0.717, 1.165) is 18.8 Å². The van der Waals surface area contributed by atoms with Crippen molar-refractivity contribution >= 4 is 22.9 Å². The number of nitrogens with one attached hydrogen (secondary N) is 2. The second-order valence-corrected chi connectivity index (χ2v) is 6.25. The Morgan fingerprint density at radius 2 is 2.11 bits per heavy atom. The average Bonchev–Trinajstić information content (AvgIpc) is 2.64. The Kier molecular flexibility index (Phi) is 5.31. The predicted octanol–water partition coefficient (Wildman–Crippen LogP) is 2.14. The van der Waals surface area contributed by atoms with Gasteiger partial charge in [0.25, 0.3) is 0 Å². The SMILES string of the molecule is CC(=O)Nc1ccsc1CNCC(C)(C)N(C)C. The molecule has 0 atom stereocenters. The number of rotatable bonds is 6. The van der Waals surface area contributed by atoms with E-state index < -0.39 is 0 Å². The fourth-order valence-corrected chi connectivity index (χ4v) is 2.22. The van der Waals surface area contributed by atoms with Crippen LogP contribution >= 0.6 is 11.3 Å². The van der Waals surface area contributed by atoms with E-state index in [1.807, 2.05) is 11.4 Å². The summed E-state index contributed by atoms with van der Waals surface area (Å²) in [6, 6.07) is 1.94. The lowest BCUT2D eigenvalue weighted by Crippen LogP contribution is -2.46. The highest BCUT2D eigenvalue weighted by molar-refractivity contribution is 7.10. The molecule has 102 valence electrons. The summed E-state index contributed by atoms with van der Waals surface area (Å²) in [6.45, 7) is 7.61. The molecule has 0 aliphatic carbocycles. The number of amides is 1. The van der Waals surface area contributed by atoms with E-state index in [1.165, 1.54) is 11.8 Å². The first kappa shape index (κ1) is 15.1. The number of carbonyl (C=O) groups excluding carboxylic acids is 1. The predicted molar refractivity (Wildman–Crippen MR) is 78.1 cm³/mol. The van der Waals surface area contributed by atoms with Crippen molar-refractivity contribution in [2.75, 3.05) is 26.0 Å². The van der Waals surface area contributed by atoms with Gasteiger partial charge in [0.15, 0.2) is 0 Å². The largest absolute Gasteiger partial charge is 0.325 e. The number of likely N-dealkylation sites (N-methyl/N-ethyl adjacent to an activating group) is 1. The van der Waals surface area contributed by atoms with Crippen molar-refractivity contribution in [1.29, 1.82) is 0 Å². The third-order valence-corrected chi connectivity index (χ3v) is 4.03. The van der Waals surface area contributed by atoms with Gasteiger partial charge >= 0.3 is 0 Å². The Balaban J connectivity index is 2.49. The van der Waals surface area contributed by atoms with Gasteiger partial charge in [-0.1, -0.05) is 0 Å². The van der Waals surface area contributed by atoms with Crippen molar-refractivity contribution in [3.8, 4) is 0 Å². The molecule has 2 N–H and O–H groups in total. The molecule has 1 rings (SSSR count). The van der Waals surface area contributed by atoms with Gasteiger partial charge in [0.05, 0.1) is 5.69 Å². The molecular weight excluding hydrogens is 246 g/mol. The fraction of sp³-hybridized carbons (Fsp3) is 0.615. The van der Waals surface area contributed by atoms with E-state index in [-0.39, 0.29) is 11.4 Å². The topological polar surface area (TPSA) is 44.4 Å². The quantitative estimate of drug-likeness (QED) is 0.831. The lowest BCUT2D eigenvalue weighted by molar-refractivity contribution is -0.114. The Labute approximate surface area is 113 Å². The van der Waals surface area contributed by atoms with Crippen LogP contribution in [0.15, 0.2) is 11.4 Å². The summed E-state index contributed by atoms with van der Waals surface area (Å²) < 4.78 is 0. The molecule has 0 fully saturated rings. The first-order chi connectivity index (χ1) is 8.33. The van der Waals surface area contributed by atoms with Crippen molar-refractivity contribution in [2.24, 2.45) is 0 Å². The van der Waals surface area contributed by atoms with Crippen LogP contribution in [0.4, 0.5) is 5.69 Å². The summed E-state index contributed by atoms with van der Waals surface area (Å²) in [7, 11) is 4.16. The molecule has 0 saturated carbocycles. The Morgan fingerprint density at radius 1 is 1.44 bits per heavy atom. The number of hydrogen-bond acceptors (Lipinski definition) is 4. The molecule has 0 unspecified atom stereocenters. The molecule has 5 heteroatoms. The van der Waals surface area contributed by atoms with E-state index in [0.29, 0.717) is 0 Å². The highest BCUT2D eigenvalue weighted by Gasteiger charge is 2.19. The van der Waals surface area contributed by atoms with Crippen LogP contribution in [0.3, 0.4) is 0 Å². The zero-order chi connectivity index (χ0) is 13.8. The number of nitrogens with zero attached hydrogens (tertiary/aromatic N) is 1. The van der Waals surface area contributed by atoms with Crippen molar-refractivity contribution in [2.45, 2.75) is 32.9 Å². The molecule has 0 aliphatic heterocycles. The van der Waals surface area contributed by atoms with E-state index in [1.54, 1.807) is 11.3 Å². The van der Waals surface area contributed by atoms with Gasteiger partial charge in [0, 0.05) is 30.4 Å². The highest BCUT2D eigenvalue weighted by atomic mass is 32.1. The van der Waals surface area contributed by atoms with Crippen LogP contribution in [-0.4, -0.2) is 37.0 Å². The van der Waals surface area contributed by atoms with E-state index in [9.17, 15) is 4.79 Å². The summed E-state index contributed by atoms with van der Waals surface area (Å²) >= 11 is 1.66. The molecule has 1 aromatic rings. The van der Waals surface area contributed by atoms with Crippen LogP contribution in [0.25, 0.3) is 0 Å². The second kappa shape index (κ2) is 6.31. The van der Waals surface area contributed by atoms with E-state index in [2.05, 4.69) is 43.5 Å². The maximum absolute atomic E-state index is 11.1. The van der Waals surface area contributed by atoms with Gasteiger partial charge in [-0.2, -0.15) is 0 Å². The summed E-state index contributed by atoms with van der Waals surface area (Å²) in [5, 5.41) is 8.28. The molecule has 1 amide bonds. The maximum atomic E-state index is 11.1. The van der Waals surface area contributed by atoms with Crippen molar-refractivity contribution in [1.82, 2.24) is 10.2 Å². The third kappa shape index (κ3) is 4.40. The minimum atomic E-state index is -0.0247. The first-order valence-corrected chi connectivity index (χ1v) is 6.93. The lowest BCUT2D eigenvalue weighted by Gasteiger charge is -2.32. The molecule has 0 bridgehead atoms. The van der Waals surface area contributed by atoms with Crippen LogP contribution < -0.4 is 10.6 Å². The minimum Gasteiger partial charge on any atom is -0.325 e. The number of thiophene rings is 1. The molecule has 1 aromatic heterocycles. The molecule has 0 aromatic carbocycles. The average molecular weight is 269 g/mol. The maximum Gasteiger partial charge on any atom is 0.221 e. The van der Waals surface area contributed by atoms with Crippen LogP contribution in [0.5, 0.6) is 0 Å². The van der Waals surface area contributed by atoms with Crippen LogP contribution in [-0.2, 0) is 11.3 Å². The van der Waals surface area contributed by atoms with Crippen molar-refractivity contribution in [3.63, 3.8) is 0 Å². The zero-order valence-corrected chi connectivity index (χ0v) is 12.6. The summed E-state index contributed by atoms with van der Waals surface area (Å²) in [5.74, 6) is -0.0247. The molecule has 1 heterocycles. The molecule has 0 radical (unpaired) electrons. The highest BCUT2D eigenvalue weighted by Crippen LogP contribution is 2.22. The number of anilines is 1. The second-order valence-electron chi connectivity index (χ2n) is 5.25. The first-order valence-electron chi connectivity index (χ1n) is 6.05. The van der Waals surface area contributed by atoms with Crippen LogP contribution in [0, 0.1) is 0 Å². The van der Waals surface area contributed by atoms with E-state index >= 15 is 0 Å². The van der Waals surface area contributed by atoms with Gasteiger partial charge in [-0.15, -0.1) is 11.3 Å². The molecule has 18 heavy (non-hydrogen) atoms. The Bertz CT molecular complexity index is 399. The minimum absolute atomic E-state index is 0.0247. The Morgan fingerprint density at radius 3 is 2.67 bits per heavy atom. The number of carbonyl (C=O) groups is 1. The monoisotopic (exact) mass is 269 g/mol. The summed E-state index contributed by atoms with van der Waals surface area (Å²) in [6.07, 6.45) is 0. The van der Waals surface area contributed by atoms with Gasteiger partial charge in [0.1, 0.15) is 0 Å². The van der Waals surface area contributed by atoms with Gasteiger partial charge < -0.3 is 15.5 Å². The Hall–Kier alpha value is -0.910. The fourth-order valence-electron chi connectivity index (χ4n) is 1.42. The molecular formula is C13H23N3OS. The van der Waals surface area contributed by atoms with Crippen molar-refractivity contribution in [3.05, 3.63) is 16.3 Å². The number of hydrogen-bond donors (Lipinski definition) is 2. The summed E-state index contributed by atoms with van der Waals surface area (Å²) in [4.78, 5) is 14.4. The van der Waals surface area contributed by atoms with Gasteiger partial charge in [-0.3, -0.25) is 4.79 Å². The zero-order valence-electron chi connectivity index (χ0n) is 11.8. The van der Waals surface area contributed by atoms with Crippen LogP contribution in [0.1, 0.15) is 25.6 Å². The van der Waals surface area contributed by atoms with Crippen molar-refractivity contribution < 1.29 is 4.79 Å². The smallest absolute Gasteiger partial charge is 0.221 e. The third-order valence-electron chi connectivity index (χ3n) is 3.11. The van der Waals surface area contributed by atoms with Gasteiger partial charge in [-0.25, -0.2) is 0 Å². The van der Waals surface area contributed by atoms with E-state index in [4.69, 9.17) is 0 Å². The molecule has 4 nitrogen and oxygen atoms in total. The normalized spacial score (nSPS) is 11.9.